The van der Waals surface area contributed by atoms with Crippen LogP contribution in [0.15, 0.2) is 0 Å². The van der Waals surface area contributed by atoms with Crippen LogP contribution in [0.1, 0.15) is 131 Å². The Bertz CT molecular complexity index is 1390. The van der Waals surface area contributed by atoms with E-state index < -0.39 is 71.3 Å². The van der Waals surface area contributed by atoms with Gasteiger partial charge < -0.3 is 36.6 Å². The summed E-state index contributed by atoms with van der Waals surface area (Å²) in [5.41, 5.74) is -2.58. The molecule has 1 aliphatic carbocycles. The largest absolute Gasteiger partial charge is 0.481 e. The summed E-state index contributed by atoms with van der Waals surface area (Å²) in [5.74, 6) is -4.76. The number of nitrogens with one attached hydrogen (secondary N) is 4. The number of imide groups is 1. The van der Waals surface area contributed by atoms with Crippen LogP contribution < -0.4 is 21.3 Å². The number of rotatable bonds is 20. The zero-order chi connectivity index (χ0) is 41.0. The normalized spacial score (nSPS) is 20.9. The van der Waals surface area contributed by atoms with Gasteiger partial charge in [0.1, 0.15) is 12.1 Å². The molecular formula is C37H61N5O11S. The molecule has 1 aliphatic heterocycles. The van der Waals surface area contributed by atoms with Crippen molar-refractivity contribution in [3.05, 3.63) is 0 Å². The lowest BCUT2D eigenvalue weighted by Crippen LogP contribution is -2.58. The lowest BCUT2D eigenvalue weighted by atomic mass is 9.73. The van der Waals surface area contributed by atoms with E-state index in [1.165, 1.54) is 11.9 Å². The van der Waals surface area contributed by atoms with Gasteiger partial charge in [0.25, 0.3) is 0 Å². The third kappa shape index (κ3) is 13.8. The topological polar surface area (TPSA) is 249 Å². The fourth-order valence-electron chi connectivity index (χ4n) is 8.07. The van der Waals surface area contributed by atoms with Crippen LogP contribution >= 0.6 is 11.8 Å². The van der Waals surface area contributed by atoms with Crippen molar-refractivity contribution in [3.8, 4) is 0 Å². The van der Waals surface area contributed by atoms with Crippen LogP contribution in [0, 0.1) is 11.3 Å². The molecule has 54 heavy (non-hydrogen) atoms. The molecule has 7 N–H and O–H groups in total. The van der Waals surface area contributed by atoms with Crippen molar-refractivity contribution in [2.75, 3.05) is 7.05 Å². The predicted octanol–water partition coefficient (Wildman–Crippen LogP) is 3.65. The minimum Gasteiger partial charge on any atom is -0.481 e. The SMILES string of the molecule is CCC(CC)(NC(=O)CCC(=O)NC(C)(C)CC(C)(C)C(NC(=O)NC(CCC(=O)O)C(=O)O)C(=O)O)C1CCCC(SC2CC(=O)N(C)C2=O)CCC1. The fraction of sp³-hybridized carbons (Fsp3) is 0.784. The summed E-state index contributed by atoms with van der Waals surface area (Å²) in [4.78, 5) is 99.2. The summed E-state index contributed by atoms with van der Waals surface area (Å²) in [7, 11) is 1.54. The first-order valence-corrected chi connectivity index (χ1v) is 19.8. The van der Waals surface area contributed by atoms with Gasteiger partial charge in [-0.1, -0.05) is 40.5 Å². The zero-order valence-electron chi connectivity index (χ0n) is 32.7. The number of thioether (sulfide) groups is 1. The lowest BCUT2D eigenvalue weighted by Gasteiger charge is -2.42. The van der Waals surface area contributed by atoms with Crippen molar-refractivity contribution in [1.29, 1.82) is 0 Å². The Morgan fingerprint density at radius 2 is 1.37 bits per heavy atom. The second-order valence-corrected chi connectivity index (χ2v) is 17.5. The number of likely N-dealkylation sites (tertiary alicyclic amines) is 1. The third-order valence-electron chi connectivity index (χ3n) is 10.8. The Morgan fingerprint density at radius 3 is 1.83 bits per heavy atom. The highest BCUT2D eigenvalue weighted by atomic mass is 32.2. The number of carbonyl (C=O) groups excluding carboxylic acids is 5. The monoisotopic (exact) mass is 783 g/mol. The van der Waals surface area contributed by atoms with Crippen molar-refractivity contribution < 1.29 is 53.7 Å². The maximum atomic E-state index is 13.3. The Kier molecular flexibility index (Phi) is 17.3. The molecule has 17 heteroatoms. The van der Waals surface area contributed by atoms with Crippen molar-refractivity contribution in [2.45, 2.75) is 165 Å². The molecule has 3 unspecified atom stereocenters. The maximum Gasteiger partial charge on any atom is 0.326 e. The highest BCUT2D eigenvalue weighted by Gasteiger charge is 2.43. The molecule has 0 radical (unpaired) electrons. The van der Waals surface area contributed by atoms with E-state index >= 15 is 0 Å². The minimum atomic E-state index is -1.55. The van der Waals surface area contributed by atoms with Crippen molar-refractivity contribution >= 4 is 59.3 Å². The van der Waals surface area contributed by atoms with Gasteiger partial charge in [0, 0.05) is 49.1 Å². The second-order valence-electron chi connectivity index (χ2n) is 16.0. The van der Waals surface area contributed by atoms with Gasteiger partial charge in [-0.3, -0.25) is 28.9 Å². The molecule has 16 nitrogen and oxygen atoms in total. The summed E-state index contributed by atoms with van der Waals surface area (Å²) in [6, 6.07) is -4.15. The lowest BCUT2D eigenvalue weighted by molar-refractivity contribution is -0.143. The van der Waals surface area contributed by atoms with Gasteiger partial charge in [-0.15, -0.1) is 11.8 Å². The molecule has 1 saturated carbocycles. The third-order valence-corrected chi connectivity index (χ3v) is 12.3. The molecule has 1 heterocycles. The van der Waals surface area contributed by atoms with Crippen molar-refractivity contribution in [1.82, 2.24) is 26.2 Å². The van der Waals surface area contributed by atoms with E-state index in [-0.39, 0.29) is 54.6 Å². The quantitative estimate of drug-likeness (QED) is 0.0875. The van der Waals surface area contributed by atoms with E-state index in [1.807, 2.05) is 0 Å². The number of aliphatic carboxylic acids is 3. The van der Waals surface area contributed by atoms with Crippen LogP contribution in [0.4, 0.5) is 4.79 Å². The molecule has 0 aromatic rings. The van der Waals surface area contributed by atoms with Crippen LogP contribution in [0.3, 0.4) is 0 Å². The van der Waals surface area contributed by atoms with Gasteiger partial charge in [-0.05, 0) is 76.5 Å². The first-order valence-electron chi connectivity index (χ1n) is 18.9. The number of carboxylic acids is 3. The van der Waals surface area contributed by atoms with E-state index in [0.717, 1.165) is 51.4 Å². The summed E-state index contributed by atoms with van der Waals surface area (Å²) < 4.78 is 0. The highest BCUT2D eigenvalue weighted by Crippen LogP contribution is 2.40. The zero-order valence-corrected chi connectivity index (χ0v) is 33.6. The summed E-state index contributed by atoms with van der Waals surface area (Å²) >= 11 is 1.62. The predicted molar refractivity (Wildman–Crippen MR) is 201 cm³/mol. The van der Waals surface area contributed by atoms with E-state index in [9.17, 15) is 48.6 Å². The Balaban J connectivity index is 1.94. The van der Waals surface area contributed by atoms with E-state index in [0.29, 0.717) is 5.25 Å². The van der Waals surface area contributed by atoms with Crippen LogP contribution in [0.5, 0.6) is 0 Å². The van der Waals surface area contributed by atoms with Crippen LogP contribution in [-0.4, -0.2) is 108 Å². The van der Waals surface area contributed by atoms with Crippen LogP contribution in [0.25, 0.3) is 0 Å². The van der Waals surface area contributed by atoms with E-state index in [2.05, 4.69) is 35.1 Å². The van der Waals surface area contributed by atoms with Gasteiger partial charge in [0.15, 0.2) is 0 Å². The van der Waals surface area contributed by atoms with Crippen molar-refractivity contribution in [3.63, 3.8) is 0 Å². The summed E-state index contributed by atoms with van der Waals surface area (Å²) in [6.45, 7) is 10.7. The molecule has 2 fully saturated rings. The molecule has 0 aromatic carbocycles. The summed E-state index contributed by atoms with van der Waals surface area (Å²) in [6.07, 6.45) is 6.30. The number of amides is 6. The number of carbonyl (C=O) groups is 8. The molecule has 3 atom stereocenters. The molecular weight excluding hydrogens is 722 g/mol. The average molecular weight is 784 g/mol. The number of hydrogen-bond acceptors (Lipinski definition) is 9. The first-order chi connectivity index (χ1) is 25.1. The Hall–Kier alpha value is -3.89. The van der Waals surface area contributed by atoms with Crippen LogP contribution in [0.2, 0.25) is 0 Å². The molecule has 0 bridgehead atoms. The fourth-order valence-corrected chi connectivity index (χ4v) is 9.65. The Labute approximate surface area is 322 Å². The van der Waals surface area contributed by atoms with Crippen LogP contribution in [-0.2, 0) is 33.6 Å². The number of urea groups is 1. The molecule has 306 valence electrons. The number of nitrogens with zero attached hydrogens (tertiary/aromatic N) is 1. The second kappa shape index (κ2) is 20.1. The molecule has 2 rings (SSSR count). The first kappa shape index (κ1) is 46.3. The van der Waals surface area contributed by atoms with Gasteiger partial charge >= 0.3 is 23.9 Å². The van der Waals surface area contributed by atoms with Gasteiger partial charge in [-0.2, -0.15) is 0 Å². The average Bonchev–Trinajstić information content (AvgIpc) is 3.29. The molecule has 6 amide bonds. The number of hydrogen-bond donors (Lipinski definition) is 7. The van der Waals surface area contributed by atoms with Crippen molar-refractivity contribution in [2.24, 2.45) is 11.3 Å². The molecule has 2 aliphatic rings. The molecule has 0 spiro atoms. The maximum absolute atomic E-state index is 13.3. The van der Waals surface area contributed by atoms with E-state index in [4.69, 9.17) is 5.11 Å². The Morgan fingerprint density at radius 1 is 0.815 bits per heavy atom. The highest BCUT2D eigenvalue weighted by molar-refractivity contribution is 8.01. The molecule has 1 saturated heterocycles. The smallest absolute Gasteiger partial charge is 0.326 e. The summed E-state index contributed by atoms with van der Waals surface area (Å²) in [5, 5.41) is 38.7. The standard InChI is InChI=1S/C37H61N5O11S/c1-8-37(9-2,22-12-10-14-23(15-11-13-22)54-25-20-28(45)42(7)31(25)48)41-27(44)18-17-26(43)40-36(5,6)21-35(3,4)30(33(51)52)39-34(53)38-24(32(49)50)16-19-29(46)47/h22-25,30H,8-21H2,1-7H3,(H,40,43)(H,41,44)(H,46,47)(H,49,50)(H,51,52)(H2,38,39,53). The van der Waals surface area contributed by atoms with Gasteiger partial charge in [0.2, 0.25) is 23.6 Å². The number of carboxylic acid groups (broad SMARTS) is 3. The molecule has 0 aromatic heterocycles. The minimum absolute atomic E-state index is 0.0484. The van der Waals surface area contributed by atoms with Gasteiger partial charge in [-0.25, -0.2) is 14.4 Å². The van der Waals surface area contributed by atoms with Gasteiger partial charge in [0.05, 0.1) is 5.25 Å². The van der Waals surface area contributed by atoms with E-state index in [1.54, 1.807) is 39.5 Å².